The number of carbonyl (C=O) groups excluding carboxylic acids is 1. The molecular formula is C15H18N4OS. The molecule has 2 aromatic rings. The smallest absolute Gasteiger partial charge is 0.221 e. The van der Waals surface area contributed by atoms with E-state index < -0.39 is 0 Å². The first-order chi connectivity index (χ1) is 10.1. The molecular weight excluding hydrogens is 284 g/mol. The summed E-state index contributed by atoms with van der Waals surface area (Å²) in [7, 11) is 0. The molecule has 0 fully saturated rings. The van der Waals surface area contributed by atoms with Crippen LogP contribution in [0.25, 0.3) is 10.9 Å². The first-order valence-corrected chi connectivity index (χ1v) is 7.22. The lowest BCUT2D eigenvalue weighted by Gasteiger charge is -2.11. The first kappa shape index (κ1) is 15.2. The molecule has 0 bridgehead atoms. The average Bonchev–Trinajstić information content (AvgIpc) is 2.46. The summed E-state index contributed by atoms with van der Waals surface area (Å²) in [4.78, 5) is 16.3. The zero-order chi connectivity index (χ0) is 15.2. The van der Waals surface area contributed by atoms with Crippen LogP contribution >= 0.6 is 12.2 Å². The number of para-hydroxylation sites is 1. The molecule has 0 radical (unpaired) electrons. The number of thiocarbonyl (C=S) groups is 1. The summed E-state index contributed by atoms with van der Waals surface area (Å²) in [6, 6.07) is 9.67. The minimum Gasteiger partial charge on any atom is -0.389 e. The molecule has 0 spiro atoms. The van der Waals surface area contributed by atoms with Crippen molar-refractivity contribution in [2.24, 2.45) is 5.73 Å². The number of carbonyl (C=O) groups is 1. The molecule has 0 aliphatic rings. The van der Waals surface area contributed by atoms with E-state index in [-0.39, 0.29) is 10.9 Å². The largest absolute Gasteiger partial charge is 0.389 e. The molecule has 0 unspecified atom stereocenters. The van der Waals surface area contributed by atoms with Gasteiger partial charge in [-0.3, -0.25) is 4.79 Å². The highest BCUT2D eigenvalue weighted by molar-refractivity contribution is 7.80. The lowest BCUT2D eigenvalue weighted by molar-refractivity contribution is -0.120. The number of nitrogens with zero attached hydrogens (tertiary/aromatic N) is 1. The molecule has 1 amide bonds. The molecule has 2 rings (SSSR count). The summed E-state index contributed by atoms with van der Waals surface area (Å²) in [5.74, 6) is 0.619. The number of pyridine rings is 1. The fourth-order valence-corrected chi connectivity index (χ4v) is 2.17. The zero-order valence-electron chi connectivity index (χ0n) is 11.8. The summed E-state index contributed by atoms with van der Waals surface area (Å²) < 4.78 is 0. The molecule has 5 nitrogen and oxygen atoms in total. The second-order valence-corrected chi connectivity index (χ2v) is 5.01. The molecule has 0 aliphatic carbocycles. The molecule has 1 heterocycles. The van der Waals surface area contributed by atoms with Crippen molar-refractivity contribution in [3.05, 3.63) is 35.9 Å². The minimum absolute atomic E-state index is 0.00247. The first-order valence-electron chi connectivity index (χ1n) is 6.82. The topological polar surface area (TPSA) is 80.0 Å². The summed E-state index contributed by atoms with van der Waals surface area (Å²) >= 11 is 5.07. The van der Waals surface area contributed by atoms with Crippen molar-refractivity contribution in [3.63, 3.8) is 0 Å². The van der Waals surface area contributed by atoms with Gasteiger partial charge in [0.2, 0.25) is 5.91 Å². The van der Waals surface area contributed by atoms with Gasteiger partial charge in [-0.15, -0.1) is 0 Å². The van der Waals surface area contributed by atoms with E-state index in [0.29, 0.717) is 30.9 Å². The quantitative estimate of drug-likeness (QED) is 0.709. The van der Waals surface area contributed by atoms with Crippen LogP contribution in [0.1, 0.15) is 18.9 Å². The third-order valence-electron chi connectivity index (χ3n) is 3.01. The molecule has 0 atom stereocenters. The number of fused-ring (bicyclic) bond motifs is 1. The van der Waals surface area contributed by atoms with Gasteiger partial charge >= 0.3 is 0 Å². The Balaban J connectivity index is 2.19. The molecule has 4 N–H and O–H groups in total. The normalized spacial score (nSPS) is 10.3. The Hall–Kier alpha value is -2.21. The standard InChI is InChI=1S/C15H18N4OS/c1-2-17-13(20)7-8-18-15-11(14(16)21)9-10-5-3-4-6-12(10)19-15/h3-6,9H,2,7-8H2,1H3,(H2,16,21)(H,17,20)(H,18,19). The van der Waals surface area contributed by atoms with Gasteiger partial charge in [-0.05, 0) is 19.1 Å². The van der Waals surface area contributed by atoms with Crippen LogP contribution in [0.4, 0.5) is 5.82 Å². The Bertz CT molecular complexity index is 672. The highest BCUT2D eigenvalue weighted by Crippen LogP contribution is 2.20. The van der Waals surface area contributed by atoms with Crippen molar-refractivity contribution in [1.29, 1.82) is 0 Å². The third-order valence-corrected chi connectivity index (χ3v) is 3.23. The van der Waals surface area contributed by atoms with Crippen LogP contribution in [0.5, 0.6) is 0 Å². The van der Waals surface area contributed by atoms with Crippen LogP contribution in [0.3, 0.4) is 0 Å². The molecule has 110 valence electrons. The van der Waals surface area contributed by atoms with Crippen LogP contribution in [0.15, 0.2) is 30.3 Å². The van der Waals surface area contributed by atoms with Gasteiger partial charge in [-0.2, -0.15) is 0 Å². The summed E-state index contributed by atoms with van der Waals surface area (Å²) in [5, 5.41) is 6.87. The molecule has 6 heteroatoms. The number of amides is 1. The fourth-order valence-electron chi connectivity index (χ4n) is 2.02. The van der Waals surface area contributed by atoms with Gasteiger partial charge in [-0.25, -0.2) is 4.98 Å². The number of benzene rings is 1. The van der Waals surface area contributed by atoms with E-state index in [1.54, 1.807) is 0 Å². The fraction of sp³-hybridized carbons (Fsp3) is 0.267. The highest BCUT2D eigenvalue weighted by atomic mass is 32.1. The van der Waals surface area contributed by atoms with Gasteiger partial charge in [0.15, 0.2) is 0 Å². The maximum Gasteiger partial charge on any atom is 0.221 e. The van der Waals surface area contributed by atoms with Crippen LogP contribution in [-0.2, 0) is 4.79 Å². The molecule has 0 aliphatic heterocycles. The van der Waals surface area contributed by atoms with E-state index >= 15 is 0 Å². The lowest BCUT2D eigenvalue weighted by atomic mass is 10.1. The minimum atomic E-state index is 0.00247. The van der Waals surface area contributed by atoms with E-state index in [4.69, 9.17) is 18.0 Å². The van der Waals surface area contributed by atoms with Gasteiger partial charge in [0.1, 0.15) is 10.8 Å². The van der Waals surface area contributed by atoms with Crippen molar-refractivity contribution in [1.82, 2.24) is 10.3 Å². The Morgan fingerprint density at radius 1 is 1.38 bits per heavy atom. The van der Waals surface area contributed by atoms with Crippen LogP contribution < -0.4 is 16.4 Å². The van der Waals surface area contributed by atoms with Gasteiger partial charge in [0.05, 0.1) is 11.1 Å². The highest BCUT2D eigenvalue weighted by Gasteiger charge is 2.09. The molecule has 1 aromatic heterocycles. The zero-order valence-corrected chi connectivity index (χ0v) is 12.7. The third kappa shape index (κ3) is 3.88. The van der Waals surface area contributed by atoms with E-state index in [0.717, 1.165) is 10.9 Å². The van der Waals surface area contributed by atoms with Crippen molar-refractivity contribution in [2.75, 3.05) is 18.4 Å². The number of nitrogens with one attached hydrogen (secondary N) is 2. The summed E-state index contributed by atoms with van der Waals surface area (Å²) in [6.45, 7) is 3.00. The SMILES string of the molecule is CCNC(=O)CCNc1nc2ccccc2cc1C(N)=S. The van der Waals surface area contributed by atoms with Crippen molar-refractivity contribution in [2.45, 2.75) is 13.3 Å². The average molecular weight is 302 g/mol. The molecule has 1 aromatic carbocycles. The Morgan fingerprint density at radius 2 is 2.14 bits per heavy atom. The van der Waals surface area contributed by atoms with Crippen molar-refractivity contribution in [3.8, 4) is 0 Å². The molecule has 0 saturated heterocycles. The van der Waals surface area contributed by atoms with E-state index in [1.165, 1.54) is 0 Å². The Kier molecular flexibility index (Phi) is 5.05. The monoisotopic (exact) mass is 302 g/mol. The molecule has 21 heavy (non-hydrogen) atoms. The number of anilines is 1. The summed E-state index contributed by atoms with van der Waals surface area (Å²) in [5.41, 5.74) is 7.31. The van der Waals surface area contributed by atoms with Crippen molar-refractivity contribution < 1.29 is 4.79 Å². The van der Waals surface area contributed by atoms with Crippen LogP contribution in [0, 0.1) is 0 Å². The van der Waals surface area contributed by atoms with Gasteiger partial charge in [0, 0.05) is 24.9 Å². The number of aromatic nitrogens is 1. The number of nitrogens with two attached hydrogens (primary N) is 1. The Labute approximate surface area is 128 Å². The Morgan fingerprint density at radius 3 is 2.86 bits per heavy atom. The maximum absolute atomic E-state index is 11.4. The number of hydrogen-bond acceptors (Lipinski definition) is 4. The summed E-state index contributed by atoms with van der Waals surface area (Å²) in [6.07, 6.45) is 0.374. The second-order valence-electron chi connectivity index (χ2n) is 4.57. The van der Waals surface area contributed by atoms with Crippen LogP contribution in [-0.4, -0.2) is 29.0 Å². The second kappa shape index (κ2) is 6.99. The predicted molar refractivity (Wildman–Crippen MR) is 89.4 cm³/mol. The lowest BCUT2D eigenvalue weighted by Crippen LogP contribution is -2.25. The number of rotatable bonds is 6. The van der Waals surface area contributed by atoms with Gasteiger partial charge < -0.3 is 16.4 Å². The van der Waals surface area contributed by atoms with Crippen molar-refractivity contribution >= 4 is 39.8 Å². The number of hydrogen-bond donors (Lipinski definition) is 3. The van der Waals surface area contributed by atoms with Gasteiger partial charge in [-0.1, -0.05) is 30.4 Å². The van der Waals surface area contributed by atoms with E-state index in [9.17, 15) is 4.79 Å². The van der Waals surface area contributed by atoms with E-state index in [1.807, 2.05) is 37.3 Å². The maximum atomic E-state index is 11.4. The van der Waals surface area contributed by atoms with Gasteiger partial charge in [0.25, 0.3) is 0 Å². The van der Waals surface area contributed by atoms with Crippen LogP contribution in [0.2, 0.25) is 0 Å². The predicted octanol–water partition coefficient (Wildman–Crippen LogP) is 1.81. The van der Waals surface area contributed by atoms with E-state index in [2.05, 4.69) is 15.6 Å². The molecule has 0 saturated carbocycles.